The highest BCUT2D eigenvalue weighted by molar-refractivity contribution is 5.85. The molecule has 13 heavy (non-hydrogen) atoms. The molecule has 1 aromatic rings. The summed E-state index contributed by atoms with van der Waals surface area (Å²) < 4.78 is 5.06. The molecule has 0 spiro atoms. The number of benzene rings is 1. The topological polar surface area (TPSA) is 61.3 Å². The zero-order valence-corrected chi connectivity index (χ0v) is 8.95. The highest BCUT2D eigenvalue weighted by atomic mass is 35.5. The van der Waals surface area contributed by atoms with Crippen LogP contribution >= 0.6 is 24.8 Å². The first-order valence-corrected chi connectivity index (χ1v) is 3.40. The van der Waals surface area contributed by atoms with Crippen LogP contribution in [0.15, 0.2) is 18.2 Å². The number of methoxy groups -OCH3 is 1. The third-order valence-electron chi connectivity index (χ3n) is 1.53. The van der Waals surface area contributed by atoms with Crippen LogP contribution in [-0.2, 0) is 6.54 Å². The summed E-state index contributed by atoms with van der Waals surface area (Å²) in [6, 6.07) is 5.45. The smallest absolute Gasteiger partial charge is 0.125 e. The lowest BCUT2D eigenvalue weighted by Crippen LogP contribution is -2.00. The average molecular weight is 225 g/mol. The van der Waals surface area contributed by atoms with Crippen LogP contribution < -0.4 is 16.2 Å². The van der Waals surface area contributed by atoms with Gasteiger partial charge in [-0.25, -0.2) is 0 Å². The third kappa shape index (κ3) is 3.72. The summed E-state index contributed by atoms with van der Waals surface area (Å²) >= 11 is 0. The van der Waals surface area contributed by atoms with Crippen molar-refractivity contribution in [3.05, 3.63) is 23.8 Å². The van der Waals surface area contributed by atoms with Gasteiger partial charge in [0.05, 0.1) is 7.11 Å². The van der Waals surface area contributed by atoms with E-state index in [9.17, 15) is 0 Å². The van der Waals surface area contributed by atoms with E-state index in [4.69, 9.17) is 16.2 Å². The van der Waals surface area contributed by atoms with Crippen molar-refractivity contribution in [3.8, 4) is 5.75 Å². The van der Waals surface area contributed by atoms with Crippen molar-refractivity contribution in [1.82, 2.24) is 0 Å². The molecule has 0 unspecified atom stereocenters. The summed E-state index contributed by atoms with van der Waals surface area (Å²) in [6.45, 7) is 0.476. The Morgan fingerprint density at radius 1 is 1.31 bits per heavy atom. The third-order valence-corrected chi connectivity index (χ3v) is 1.53. The Morgan fingerprint density at radius 3 is 2.38 bits per heavy atom. The molecule has 0 atom stereocenters. The number of hydrogen-bond donors (Lipinski definition) is 2. The number of hydrogen-bond acceptors (Lipinski definition) is 3. The second-order valence-corrected chi connectivity index (χ2v) is 2.28. The first kappa shape index (κ1) is 14.9. The molecule has 0 aliphatic heterocycles. The van der Waals surface area contributed by atoms with Crippen LogP contribution in [0.25, 0.3) is 0 Å². The van der Waals surface area contributed by atoms with Crippen molar-refractivity contribution in [2.24, 2.45) is 5.73 Å². The van der Waals surface area contributed by atoms with E-state index >= 15 is 0 Å². The first-order chi connectivity index (χ1) is 5.27. The number of anilines is 1. The van der Waals surface area contributed by atoms with Gasteiger partial charge in [-0.2, -0.15) is 0 Å². The molecule has 0 saturated heterocycles. The molecule has 0 saturated carbocycles. The van der Waals surface area contributed by atoms with Gasteiger partial charge in [0.15, 0.2) is 0 Å². The number of halogens is 2. The van der Waals surface area contributed by atoms with Gasteiger partial charge in [-0.1, -0.05) is 6.07 Å². The highest BCUT2D eigenvalue weighted by Crippen LogP contribution is 2.20. The fourth-order valence-electron chi connectivity index (χ4n) is 0.930. The van der Waals surface area contributed by atoms with Gasteiger partial charge < -0.3 is 16.2 Å². The summed E-state index contributed by atoms with van der Waals surface area (Å²) in [4.78, 5) is 0. The van der Waals surface area contributed by atoms with E-state index in [0.717, 1.165) is 11.3 Å². The van der Waals surface area contributed by atoms with Crippen molar-refractivity contribution in [2.75, 3.05) is 12.8 Å². The highest BCUT2D eigenvalue weighted by Gasteiger charge is 1.99. The van der Waals surface area contributed by atoms with Gasteiger partial charge >= 0.3 is 0 Å². The molecule has 0 bridgehead atoms. The SMILES string of the molecule is COc1cc(N)ccc1CN.Cl.Cl. The fourth-order valence-corrected chi connectivity index (χ4v) is 0.930. The fraction of sp³-hybridized carbons (Fsp3) is 0.250. The van der Waals surface area contributed by atoms with E-state index in [1.165, 1.54) is 0 Å². The lowest BCUT2D eigenvalue weighted by atomic mass is 10.2. The second-order valence-electron chi connectivity index (χ2n) is 2.28. The molecule has 0 aliphatic rings. The molecule has 0 aromatic heterocycles. The maximum atomic E-state index is 5.54. The first-order valence-electron chi connectivity index (χ1n) is 3.40. The molecule has 5 heteroatoms. The number of nitrogens with two attached hydrogens (primary N) is 2. The average Bonchev–Trinajstić information content (AvgIpc) is 2.04. The lowest BCUT2D eigenvalue weighted by molar-refractivity contribution is 0.410. The Balaban J connectivity index is 0. The standard InChI is InChI=1S/C8H12N2O.2ClH/c1-11-8-4-7(10)3-2-6(8)5-9;;/h2-4H,5,9-10H2,1H3;2*1H. The number of nitrogen functional groups attached to an aromatic ring is 1. The summed E-state index contributed by atoms with van der Waals surface area (Å²) in [7, 11) is 1.61. The summed E-state index contributed by atoms with van der Waals surface area (Å²) in [5.41, 5.74) is 12.7. The van der Waals surface area contributed by atoms with Crippen LogP contribution in [-0.4, -0.2) is 7.11 Å². The molecule has 1 rings (SSSR count). The summed E-state index contributed by atoms with van der Waals surface area (Å²) in [5, 5.41) is 0. The second kappa shape index (κ2) is 6.83. The molecule has 0 radical (unpaired) electrons. The van der Waals surface area contributed by atoms with Gasteiger partial charge in [-0.15, -0.1) is 24.8 Å². The van der Waals surface area contributed by atoms with Crippen molar-refractivity contribution in [2.45, 2.75) is 6.54 Å². The molecule has 4 N–H and O–H groups in total. The molecular weight excluding hydrogens is 211 g/mol. The Labute approximate surface area is 90.3 Å². The van der Waals surface area contributed by atoms with Crippen molar-refractivity contribution < 1.29 is 4.74 Å². The van der Waals surface area contributed by atoms with E-state index in [-0.39, 0.29) is 24.8 Å². The minimum Gasteiger partial charge on any atom is -0.496 e. The minimum atomic E-state index is 0. The quantitative estimate of drug-likeness (QED) is 0.751. The maximum Gasteiger partial charge on any atom is 0.125 e. The van der Waals surface area contributed by atoms with E-state index in [1.54, 1.807) is 13.2 Å². The van der Waals surface area contributed by atoms with Crippen molar-refractivity contribution in [1.29, 1.82) is 0 Å². The van der Waals surface area contributed by atoms with Crippen LogP contribution in [0.1, 0.15) is 5.56 Å². The zero-order chi connectivity index (χ0) is 8.27. The lowest BCUT2D eigenvalue weighted by Gasteiger charge is -2.06. The molecule has 0 amide bonds. The summed E-state index contributed by atoms with van der Waals surface area (Å²) in [5.74, 6) is 0.757. The Morgan fingerprint density at radius 2 is 1.92 bits per heavy atom. The van der Waals surface area contributed by atoms with E-state index in [0.29, 0.717) is 12.2 Å². The van der Waals surface area contributed by atoms with Crippen LogP contribution in [0.5, 0.6) is 5.75 Å². The van der Waals surface area contributed by atoms with Crippen LogP contribution in [0, 0.1) is 0 Å². The molecule has 0 heterocycles. The monoisotopic (exact) mass is 224 g/mol. The largest absolute Gasteiger partial charge is 0.496 e. The van der Waals surface area contributed by atoms with Gasteiger partial charge in [0.1, 0.15) is 5.75 Å². The molecule has 0 aliphatic carbocycles. The molecule has 76 valence electrons. The van der Waals surface area contributed by atoms with Gasteiger partial charge in [0.25, 0.3) is 0 Å². The van der Waals surface area contributed by atoms with Crippen LogP contribution in [0.3, 0.4) is 0 Å². The van der Waals surface area contributed by atoms with E-state index in [1.807, 2.05) is 12.1 Å². The van der Waals surface area contributed by atoms with Gasteiger partial charge in [-0.05, 0) is 6.07 Å². The molecule has 3 nitrogen and oxygen atoms in total. The molecular formula is C8H14Cl2N2O. The minimum absolute atomic E-state index is 0. The van der Waals surface area contributed by atoms with Crippen molar-refractivity contribution >= 4 is 30.5 Å². The molecule has 0 fully saturated rings. The number of ether oxygens (including phenoxy) is 1. The molecule has 1 aromatic carbocycles. The van der Waals surface area contributed by atoms with Gasteiger partial charge in [0, 0.05) is 23.9 Å². The van der Waals surface area contributed by atoms with Gasteiger partial charge in [0.2, 0.25) is 0 Å². The zero-order valence-electron chi connectivity index (χ0n) is 7.32. The Hall–Kier alpha value is -0.640. The summed E-state index contributed by atoms with van der Waals surface area (Å²) in [6.07, 6.45) is 0. The van der Waals surface area contributed by atoms with Gasteiger partial charge in [-0.3, -0.25) is 0 Å². The normalized spacial score (nSPS) is 8.15. The van der Waals surface area contributed by atoms with E-state index < -0.39 is 0 Å². The van der Waals surface area contributed by atoms with Crippen molar-refractivity contribution in [3.63, 3.8) is 0 Å². The van der Waals surface area contributed by atoms with E-state index in [2.05, 4.69) is 0 Å². The maximum absolute atomic E-state index is 5.54. The number of rotatable bonds is 2. The Kier molecular flexibility index (Phi) is 7.81. The predicted octanol–water partition coefficient (Wildman–Crippen LogP) is 1.58. The van der Waals surface area contributed by atoms with Crippen LogP contribution in [0.4, 0.5) is 5.69 Å². The predicted molar refractivity (Wildman–Crippen MR) is 59.8 cm³/mol. The van der Waals surface area contributed by atoms with Crippen LogP contribution in [0.2, 0.25) is 0 Å². The Bertz CT molecular complexity index is 256.